The molecule has 0 spiro atoms. The van der Waals surface area contributed by atoms with Crippen molar-refractivity contribution in [1.29, 1.82) is 0 Å². The zero-order chi connectivity index (χ0) is 17.1. The summed E-state index contributed by atoms with van der Waals surface area (Å²) in [5.74, 6) is 0.661. The molecule has 0 atom stereocenters. The van der Waals surface area contributed by atoms with Crippen LogP contribution in [0, 0.1) is 0 Å². The van der Waals surface area contributed by atoms with E-state index in [2.05, 4.69) is 15.9 Å². The normalized spacial score (nSPS) is 11.9. The van der Waals surface area contributed by atoms with E-state index in [0.29, 0.717) is 27.3 Å². The molecule has 24 heavy (non-hydrogen) atoms. The van der Waals surface area contributed by atoms with E-state index in [1.165, 1.54) is 13.2 Å². The van der Waals surface area contributed by atoms with Gasteiger partial charge >= 0.3 is 5.97 Å². The van der Waals surface area contributed by atoms with Gasteiger partial charge in [0.15, 0.2) is 23.9 Å². The molecule has 6 nitrogen and oxygen atoms in total. The quantitative estimate of drug-likeness (QED) is 0.574. The smallest absolute Gasteiger partial charge is 0.339 e. The van der Waals surface area contributed by atoms with E-state index < -0.39 is 5.97 Å². The van der Waals surface area contributed by atoms with Gasteiger partial charge in [0.25, 0.3) is 0 Å². The Balaban J connectivity index is 1.67. The number of ether oxygens (including phenoxy) is 4. The predicted octanol–water partition coefficient (Wildman–Crippen LogP) is 3.23. The molecule has 0 aliphatic carbocycles. The fraction of sp³-hybridized carbons (Fsp3) is 0.176. The number of methoxy groups -OCH3 is 1. The van der Waals surface area contributed by atoms with Crippen LogP contribution in [0.15, 0.2) is 40.9 Å². The summed E-state index contributed by atoms with van der Waals surface area (Å²) >= 11 is 3.27. The SMILES string of the molecule is COc1ccc(Br)c(C(=O)OCC(=O)c2ccc3c(c2)OCO3)c1. The maximum absolute atomic E-state index is 12.2. The van der Waals surface area contributed by atoms with Crippen molar-refractivity contribution in [2.24, 2.45) is 0 Å². The molecular weight excluding hydrogens is 380 g/mol. The first-order valence-electron chi connectivity index (χ1n) is 7.02. The number of esters is 1. The van der Waals surface area contributed by atoms with Crippen LogP contribution in [0.3, 0.4) is 0 Å². The Kier molecular flexibility index (Phi) is 4.71. The molecule has 0 aromatic heterocycles. The molecule has 0 fully saturated rings. The average Bonchev–Trinajstić information content (AvgIpc) is 3.07. The summed E-state index contributed by atoms with van der Waals surface area (Å²) in [6, 6.07) is 9.74. The number of Topliss-reactive ketones (excluding diaryl/α,β-unsaturated/α-hetero) is 1. The molecule has 7 heteroatoms. The zero-order valence-corrected chi connectivity index (χ0v) is 14.3. The molecule has 2 aromatic rings. The first-order chi connectivity index (χ1) is 11.6. The van der Waals surface area contributed by atoms with Crippen LogP contribution in [0.2, 0.25) is 0 Å². The molecule has 0 saturated heterocycles. The lowest BCUT2D eigenvalue weighted by atomic mass is 10.1. The topological polar surface area (TPSA) is 71.1 Å². The van der Waals surface area contributed by atoms with Crippen LogP contribution < -0.4 is 14.2 Å². The molecule has 1 aliphatic heterocycles. The van der Waals surface area contributed by atoms with Crippen LogP contribution in [0.5, 0.6) is 17.2 Å². The van der Waals surface area contributed by atoms with E-state index in [-0.39, 0.29) is 24.7 Å². The Bertz CT molecular complexity index is 802. The van der Waals surface area contributed by atoms with E-state index in [1.807, 2.05) is 0 Å². The lowest BCUT2D eigenvalue weighted by Gasteiger charge is -2.08. The molecule has 3 rings (SSSR count). The third kappa shape index (κ3) is 3.35. The van der Waals surface area contributed by atoms with Crippen LogP contribution in [-0.4, -0.2) is 32.3 Å². The number of fused-ring (bicyclic) bond motifs is 1. The fourth-order valence-electron chi connectivity index (χ4n) is 2.15. The number of ketones is 1. The number of carbonyl (C=O) groups excluding carboxylic acids is 2. The van der Waals surface area contributed by atoms with Crippen LogP contribution in [-0.2, 0) is 4.74 Å². The van der Waals surface area contributed by atoms with Crippen molar-refractivity contribution in [2.75, 3.05) is 20.5 Å². The number of carbonyl (C=O) groups is 2. The van der Waals surface area contributed by atoms with E-state index in [4.69, 9.17) is 18.9 Å². The van der Waals surface area contributed by atoms with Crippen LogP contribution in [0.25, 0.3) is 0 Å². The third-order valence-electron chi connectivity index (χ3n) is 3.42. The van der Waals surface area contributed by atoms with Gasteiger partial charge in [-0.15, -0.1) is 0 Å². The van der Waals surface area contributed by atoms with Gasteiger partial charge in [-0.25, -0.2) is 4.79 Å². The number of rotatable bonds is 5. The maximum atomic E-state index is 12.2. The van der Waals surface area contributed by atoms with E-state index in [1.54, 1.807) is 30.3 Å². The van der Waals surface area contributed by atoms with Gasteiger partial charge in [-0.2, -0.15) is 0 Å². The summed E-state index contributed by atoms with van der Waals surface area (Å²) in [5, 5.41) is 0. The van der Waals surface area contributed by atoms with Crippen molar-refractivity contribution in [3.63, 3.8) is 0 Å². The van der Waals surface area contributed by atoms with Crippen molar-refractivity contribution in [1.82, 2.24) is 0 Å². The van der Waals surface area contributed by atoms with E-state index in [9.17, 15) is 9.59 Å². The lowest BCUT2D eigenvalue weighted by molar-refractivity contribution is 0.0473. The van der Waals surface area contributed by atoms with Crippen molar-refractivity contribution in [3.8, 4) is 17.2 Å². The van der Waals surface area contributed by atoms with Gasteiger partial charge in [-0.3, -0.25) is 4.79 Å². The molecule has 0 saturated carbocycles. The highest BCUT2D eigenvalue weighted by molar-refractivity contribution is 9.10. The van der Waals surface area contributed by atoms with Crippen LogP contribution in [0.4, 0.5) is 0 Å². The van der Waals surface area contributed by atoms with Gasteiger partial charge in [-0.1, -0.05) is 0 Å². The fourth-order valence-corrected chi connectivity index (χ4v) is 2.56. The van der Waals surface area contributed by atoms with Gasteiger partial charge in [0.05, 0.1) is 12.7 Å². The zero-order valence-electron chi connectivity index (χ0n) is 12.7. The highest BCUT2D eigenvalue weighted by Gasteiger charge is 2.18. The number of halogens is 1. The monoisotopic (exact) mass is 392 g/mol. The van der Waals surface area contributed by atoms with Gasteiger partial charge in [-0.05, 0) is 52.3 Å². The summed E-state index contributed by atoms with van der Waals surface area (Å²) in [4.78, 5) is 24.3. The summed E-state index contributed by atoms with van der Waals surface area (Å²) in [7, 11) is 1.50. The molecule has 0 unspecified atom stereocenters. The Hall–Kier alpha value is -2.54. The van der Waals surface area contributed by atoms with Gasteiger partial charge in [0.1, 0.15) is 5.75 Å². The Morgan fingerprint density at radius 3 is 2.71 bits per heavy atom. The summed E-state index contributed by atoms with van der Waals surface area (Å²) in [6.07, 6.45) is 0. The summed E-state index contributed by atoms with van der Waals surface area (Å²) < 4.78 is 21.1. The second-order valence-corrected chi connectivity index (χ2v) is 5.77. The summed E-state index contributed by atoms with van der Waals surface area (Å²) in [5.41, 5.74) is 0.671. The molecule has 0 N–H and O–H groups in total. The summed E-state index contributed by atoms with van der Waals surface area (Å²) in [6.45, 7) is -0.242. The Morgan fingerprint density at radius 1 is 1.12 bits per heavy atom. The molecule has 124 valence electrons. The Labute approximate surface area is 146 Å². The second kappa shape index (κ2) is 6.92. The van der Waals surface area contributed by atoms with Gasteiger partial charge < -0.3 is 18.9 Å². The van der Waals surface area contributed by atoms with Gasteiger partial charge in [0.2, 0.25) is 6.79 Å². The standard InChI is InChI=1S/C17H13BrO6/c1-21-11-3-4-13(18)12(7-11)17(20)22-8-14(19)10-2-5-15-16(6-10)24-9-23-15/h2-7H,8-9H2,1H3. The molecule has 1 heterocycles. The predicted molar refractivity (Wildman–Crippen MR) is 87.9 cm³/mol. The van der Waals surface area contributed by atoms with E-state index in [0.717, 1.165) is 0 Å². The highest BCUT2D eigenvalue weighted by atomic mass is 79.9. The number of hydrogen-bond acceptors (Lipinski definition) is 6. The van der Waals surface area contributed by atoms with E-state index >= 15 is 0 Å². The highest BCUT2D eigenvalue weighted by Crippen LogP contribution is 2.32. The van der Waals surface area contributed by atoms with Crippen molar-refractivity contribution >= 4 is 27.7 Å². The minimum Gasteiger partial charge on any atom is -0.497 e. The van der Waals surface area contributed by atoms with Crippen LogP contribution >= 0.6 is 15.9 Å². The van der Waals surface area contributed by atoms with Gasteiger partial charge in [0, 0.05) is 10.0 Å². The molecule has 1 aliphatic rings. The van der Waals surface area contributed by atoms with Crippen molar-refractivity contribution < 1.29 is 28.5 Å². The largest absolute Gasteiger partial charge is 0.497 e. The molecular formula is C17H13BrO6. The minimum atomic E-state index is -0.616. The number of hydrogen-bond donors (Lipinski definition) is 0. The van der Waals surface area contributed by atoms with Crippen molar-refractivity contribution in [3.05, 3.63) is 52.0 Å². The van der Waals surface area contributed by atoms with Crippen molar-refractivity contribution in [2.45, 2.75) is 0 Å². The molecule has 0 bridgehead atoms. The third-order valence-corrected chi connectivity index (χ3v) is 4.11. The van der Waals surface area contributed by atoms with Crippen LogP contribution in [0.1, 0.15) is 20.7 Å². The second-order valence-electron chi connectivity index (χ2n) is 4.91. The first-order valence-corrected chi connectivity index (χ1v) is 7.81. The molecule has 2 aromatic carbocycles. The lowest BCUT2D eigenvalue weighted by Crippen LogP contribution is -2.14. The minimum absolute atomic E-state index is 0.131. The number of benzene rings is 2. The first kappa shape index (κ1) is 16.3. The molecule has 0 amide bonds. The molecule has 0 radical (unpaired) electrons. The average molecular weight is 393 g/mol. The maximum Gasteiger partial charge on any atom is 0.339 e. The Morgan fingerprint density at radius 2 is 1.92 bits per heavy atom.